The van der Waals surface area contributed by atoms with Crippen LogP contribution in [0.1, 0.15) is 38.7 Å². The zero-order valence-corrected chi connectivity index (χ0v) is 15.3. The van der Waals surface area contributed by atoms with E-state index >= 15 is 0 Å². The van der Waals surface area contributed by atoms with Gasteiger partial charge in [-0.15, -0.1) is 0 Å². The second-order valence-corrected chi connectivity index (χ2v) is 6.67. The van der Waals surface area contributed by atoms with E-state index in [0.29, 0.717) is 12.3 Å². The highest BCUT2D eigenvalue weighted by molar-refractivity contribution is 5.94. The quantitative estimate of drug-likeness (QED) is 0.573. The summed E-state index contributed by atoms with van der Waals surface area (Å²) in [5.41, 5.74) is 1.32. The van der Waals surface area contributed by atoms with Crippen LogP contribution in [0.2, 0.25) is 0 Å². The number of hydrogen-bond donors (Lipinski definition) is 1. The topological polar surface area (TPSA) is 57.0 Å². The van der Waals surface area contributed by atoms with Crippen LogP contribution in [-0.2, 0) is 25.6 Å². The first-order chi connectivity index (χ1) is 12.1. The lowest BCUT2D eigenvalue weighted by Gasteiger charge is -2.31. The second kappa shape index (κ2) is 10.2. The van der Waals surface area contributed by atoms with Crippen molar-refractivity contribution < 1.29 is 24.0 Å². The maximum absolute atomic E-state index is 12.2. The van der Waals surface area contributed by atoms with Crippen LogP contribution in [0.25, 0.3) is 0 Å². The highest BCUT2D eigenvalue weighted by atomic mass is 16.6. The number of ether oxygens (including phenoxy) is 2. The Kier molecular flexibility index (Phi) is 7.92. The van der Waals surface area contributed by atoms with Gasteiger partial charge in [-0.1, -0.05) is 30.3 Å². The highest BCUT2D eigenvalue weighted by Gasteiger charge is 2.35. The zero-order valence-electron chi connectivity index (χ0n) is 15.3. The van der Waals surface area contributed by atoms with Gasteiger partial charge in [-0.3, -0.25) is 9.59 Å². The van der Waals surface area contributed by atoms with Crippen LogP contribution in [0.15, 0.2) is 30.3 Å². The number of hydrogen-bond acceptors (Lipinski definition) is 4. The maximum Gasteiger partial charge on any atom is 0.320 e. The van der Waals surface area contributed by atoms with E-state index in [0.717, 1.165) is 32.5 Å². The van der Waals surface area contributed by atoms with E-state index in [1.807, 2.05) is 6.07 Å². The molecule has 0 aliphatic carbocycles. The molecule has 1 heterocycles. The molecule has 25 heavy (non-hydrogen) atoms. The number of carbonyl (C=O) groups is 2. The molecule has 138 valence electrons. The number of nitrogens with one attached hydrogen (secondary N) is 1. The fourth-order valence-electron chi connectivity index (χ4n) is 3.61. The number of quaternary nitrogens is 1. The monoisotopic (exact) mass is 348 g/mol. The molecule has 5 heteroatoms. The van der Waals surface area contributed by atoms with Crippen molar-refractivity contribution >= 4 is 11.9 Å². The summed E-state index contributed by atoms with van der Waals surface area (Å²) in [5, 5.41) is 0. The number of benzene rings is 1. The first-order valence-corrected chi connectivity index (χ1v) is 9.34. The fraction of sp³-hybridized carbons (Fsp3) is 0.600. The Bertz CT molecular complexity index is 528. The Balaban J connectivity index is 1.95. The molecule has 1 N–H and O–H groups in total. The number of likely N-dealkylation sites (tertiary alicyclic amines) is 1. The molecule has 2 rings (SSSR count). The number of carbonyl (C=O) groups excluding carboxylic acids is 2. The van der Waals surface area contributed by atoms with Crippen molar-refractivity contribution in [2.45, 2.75) is 39.7 Å². The standard InChI is InChI=1S/C20H29NO4/c1-3-24-19(22)18(20(23)25-4-2)13-17-11-8-12-21(15-17)14-16-9-6-5-7-10-16/h5-7,9-10,17-18H,3-4,8,11-15H2,1-2H3/p+1/t17-/m0/s1. The van der Waals surface area contributed by atoms with E-state index in [2.05, 4.69) is 24.3 Å². The first-order valence-electron chi connectivity index (χ1n) is 9.34. The largest absolute Gasteiger partial charge is 0.465 e. The molecule has 1 aromatic rings. The van der Waals surface area contributed by atoms with Gasteiger partial charge in [-0.25, -0.2) is 0 Å². The molecule has 0 bridgehead atoms. The molecule has 0 saturated carbocycles. The van der Waals surface area contributed by atoms with Crippen LogP contribution in [0, 0.1) is 11.8 Å². The van der Waals surface area contributed by atoms with Gasteiger partial charge in [0.1, 0.15) is 6.54 Å². The summed E-state index contributed by atoms with van der Waals surface area (Å²) in [4.78, 5) is 25.9. The summed E-state index contributed by atoms with van der Waals surface area (Å²) < 4.78 is 10.2. The normalized spacial score (nSPS) is 20.3. The van der Waals surface area contributed by atoms with Crippen molar-refractivity contribution in [3.63, 3.8) is 0 Å². The molecule has 0 radical (unpaired) electrons. The van der Waals surface area contributed by atoms with E-state index in [4.69, 9.17) is 9.47 Å². The highest BCUT2D eigenvalue weighted by Crippen LogP contribution is 2.21. The zero-order chi connectivity index (χ0) is 18.1. The number of rotatable bonds is 8. The summed E-state index contributed by atoms with van der Waals surface area (Å²) in [6.07, 6.45) is 2.69. The van der Waals surface area contributed by atoms with Crippen LogP contribution < -0.4 is 4.90 Å². The molecule has 0 aromatic heterocycles. The molecule has 0 spiro atoms. The summed E-state index contributed by atoms with van der Waals surface area (Å²) in [6, 6.07) is 10.5. The molecule has 1 aromatic carbocycles. The third kappa shape index (κ3) is 6.16. The molecule has 1 unspecified atom stereocenters. The summed E-state index contributed by atoms with van der Waals surface area (Å²) in [7, 11) is 0. The number of esters is 2. The Morgan fingerprint density at radius 2 is 1.76 bits per heavy atom. The van der Waals surface area contributed by atoms with Crippen LogP contribution in [-0.4, -0.2) is 38.2 Å². The van der Waals surface area contributed by atoms with Crippen LogP contribution in [0.4, 0.5) is 0 Å². The first kappa shape index (κ1) is 19.4. The molecule has 5 nitrogen and oxygen atoms in total. The van der Waals surface area contributed by atoms with Gasteiger partial charge in [0, 0.05) is 11.5 Å². The molecule has 1 aliphatic rings. The van der Waals surface area contributed by atoms with Gasteiger partial charge in [-0.2, -0.15) is 0 Å². The minimum Gasteiger partial charge on any atom is -0.465 e. The third-order valence-corrected chi connectivity index (χ3v) is 4.73. The van der Waals surface area contributed by atoms with Gasteiger partial charge in [0.25, 0.3) is 0 Å². The Labute approximate surface area is 150 Å². The van der Waals surface area contributed by atoms with Crippen LogP contribution >= 0.6 is 0 Å². The average molecular weight is 348 g/mol. The Hall–Kier alpha value is -1.88. The van der Waals surface area contributed by atoms with Gasteiger partial charge in [0.05, 0.1) is 26.3 Å². The lowest BCUT2D eigenvalue weighted by molar-refractivity contribution is -0.922. The fourth-order valence-corrected chi connectivity index (χ4v) is 3.61. The van der Waals surface area contributed by atoms with Crippen molar-refractivity contribution in [1.29, 1.82) is 0 Å². The summed E-state index contributed by atoms with van der Waals surface area (Å²) >= 11 is 0. The van der Waals surface area contributed by atoms with E-state index in [1.165, 1.54) is 10.5 Å². The van der Waals surface area contributed by atoms with Crippen LogP contribution in [0.5, 0.6) is 0 Å². The van der Waals surface area contributed by atoms with Gasteiger partial charge >= 0.3 is 11.9 Å². The SMILES string of the molecule is CCOC(=O)C(C[C@@H]1CCC[NH+](Cc2ccccc2)C1)C(=O)OCC. The summed E-state index contributed by atoms with van der Waals surface area (Å²) in [6.45, 7) is 7.18. The Morgan fingerprint density at radius 1 is 1.12 bits per heavy atom. The van der Waals surface area contributed by atoms with Crippen molar-refractivity contribution in [3.05, 3.63) is 35.9 Å². The lowest BCUT2D eigenvalue weighted by Crippen LogP contribution is -3.12. The molecule has 1 fully saturated rings. The van der Waals surface area contributed by atoms with Crippen molar-refractivity contribution in [1.82, 2.24) is 0 Å². The van der Waals surface area contributed by atoms with E-state index in [1.54, 1.807) is 13.8 Å². The smallest absolute Gasteiger partial charge is 0.320 e. The summed E-state index contributed by atoms with van der Waals surface area (Å²) in [5.74, 6) is -1.35. The van der Waals surface area contributed by atoms with E-state index in [9.17, 15) is 9.59 Å². The predicted molar refractivity (Wildman–Crippen MR) is 94.9 cm³/mol. The predicted octanol–water partition coefficient (Wildman–Crippen LogP) is 1.61. The average Bonchev–Trinajstić information content (AvgIpc) is 2.61. The number of piperidine rings is 1. The van der Waals surface area contributed by atoms with Crippen molar-refractivity contribution in [3.8, 4) is 0 Å². The lowest BCUT2D eigenvalue weighted by atomic mass is 9.88. The van der Waals surface area contributed by atoms with Gasteiger partial charge < -0.3 is 14.4 Å². The molecular weight excluding hydrogens is 318 g/mol. The van der Waals surface area contributed by atoms with Gasteiger partial charge in [0.15, 0.2) is 5.92 Å². The molecule has 2 atom stereocenters. The van der Waals surface area contributed by atoms with Gasteiger partial charge in [-0.05, 0) is 33.1 Å². The molecule has 1 aliphatic heterocycles. The van der Waals surface area contributed by atoms with Crippen molar-refractivity contribution in [2.24, 2.45) is 11.8 Å². The van der Waals surface area contributed by atoms with Gasteiger partial charge in [0.2, 0.25) is 0 Å². The minimum absolute atomic E-state index is 0.283. The molecular formula is C20H30NO4+. The molecule has 0 amide bonds. The van der Waals surface area contributed by atoms with Crippen LogP contribution in [0.3, 0.4) is 0 Å². The van der Waals surface area contributed by atoms with Crippen molar-refractivity contribution in [2.75, 3.05) is 26.3 Å². The van der Waals surface area contributed by atoms with E-state index in [-0.39, 0.29) is 13.2 Å². The molecule has 1 saturated heterocycles. The Morgan fingerprint density at radius 3 is 2.36 bits per heavy atom. The second-order valence-electron chi connectivity index (χ2n) is 6.67. The maximum atomic E-state index is 12.2. The van der Waals surface area contributed by atoms with E-state index < -0.39 is 17.9 Å². The third-order valence-electron chi connectivity index (χ3n) is 4.73. The minimum atomic E-state index is -0.791.